The molecule has 2 amide bonds. The molecule has 8 nitrogen and oxygen atoms in total. The molecule has 0 aliphatic rings. The number of imidazole rings is 1. The Morgan fingerprint density at radius 2 is 1.36 bits per heavy atom. The van der Waals surface area contributed by atoms with Crippen molar-refractivity contribution in [2.45, 2.75) is 64.7 Å². The van der Waals surface area contributed by atoms with Crippen molar-refractivity contribution in [3.63, 3.8) is 0 Å². The zero-order chi connectivity index (χ0) is 33.5. The molecule has 11 heteroatoms. The maximum absolute atomic E-state index is 14.1. The third kappa shape index (κ3) is 6.72. The van der Waals surface area contributed by atoms with Gasteiger partial charge in [0.05, 0.1) is 29.5 Å². The molecule has 1 heterocycles. The van der Waals surface area contributed by atoms with Crippen LogP contribution < -0.4 is 5.62 Å². The van der Waals surface area contributed by atoms with Gasteiger partial charge in [0.15, 0.2) is 5.78 Å². The molecule has 0 fully saturated rings. The Morgan fingerprint density at radius 3 is 1.89 bits per heavy atom. The average Bonchev–Trinajstić information content (AvgIpc) is 3.23. The number of rotatable bonds is 7. The van der Waals surface area contributed by atoms with Crippen molar-refractivity contribution in [2.75, 3.05) is 14.1 Å². The SMILES string of the molecule is CN(C)C(=O)C(C)(C)c1cc(C(=O)Cn2c(=NC(=O)C(F)(F)F)n(Cc3ccccc3)c3ccccc32)cc(C(C)(C)C)c1O. The van der Waals surface area contributed by atoms with Gasteiger partial charge in [-0.05, 0) is 49.1 Å². The van der Waals surface area contributed by atoms with E-state index >= 15 is 0 Å². The molecule has 0 aliphatic heterocycles. The number of halogens is 3. The van der Waals surface area contributed by atoms with E-state index in [9.17, 15) is 32.7 Å². The third-order valence-corrected chi connectivity index (χ3v) is 7.73. The second kappa shape index (κ2) is 12.0. The number of carbonyl (C=O) groups excluding carboxylic acids is 3. The Labute approximate surface area is 259 Å². The number of ketones is 1. The number of aromatic nitrogens is 2. The molecule has 0 saturated heterocycles. The Balaban J connectivity index is 1.96. The molecule has 0 atom stereocenters. The maximum Gasteiger partial charge on any atom is 0.473 e. The summed E-state index contributed by atoms with van der Waals surface area (Å²) >= 11 is 0. The number of phenolic OH excluding ortho intramolecular Hbond substituents is 1. The first-order chi connectivity index (χ1) is 20.8. The maximum atomic E-state index is 14.1. The number of para-hydroxylation sites is 2. The van der Waals surface area contributed by atoms with Crippen molar-refractivity contribution in [3.05, 3.63) is 94.6 Å². The van der Waals surface area contributed by atoms with E-state index in [2.05, 4.69) is 4.99 Å². The molecule has 0 spiro atoms. The zero-order valence-electron chi connectivity index (χ0n) is 26.4. The lowest BCUT2D eigenvalue weighted by Crippen LogP contribution is -2.39. The van der Waals surface area contributed by atoms with Crippen molar-refractivity contribution >= 4 is 28.6 Å². The van der Waals surface area contributed by atoms with Gasteiger partial charge in [0, 0.05) is 30.8 Å². The van der Waals surface area contributed by atoms with Gasteiger partial charge in [0.1, 0.15) is 5.75 Å². The summed E-state index contributed by atoms with van der Waals surface area (Å²) in [6.07, 6.45) is -5.23. The van der Waals surface area contributed by atoms with E-state index in [1.165, 1.54) is 20.1 Å². The summed E-state index contributed by atoms with van der Waals surface area (Å²) in [6, 6.07) is 18.7. The van der Waals surface area contributed by atoms with Crippen LogP contribution in [-0.4, -0.2) is 57.0 Å². The van der Waals surface area contributed by atoms with Gasteiger partial charge in [-0.3, -0.25) is 14.4 Å². The lowest BCUT2D eigenvalue weighted by molar-refractivity contribution is -0.169. The predicted octanol–water partition coefficient (Wildman–Crippen LogP) is 5.73. The summed E-state index contributed by atoms with van der Waals surface area (Å²) < 4.78 is 43.3. The van der Waals surface area contributed by atoms with Crippen LogP contribution in [0, 0.1) is 0 Å². The lowest BCUT2D eigenvalue weighted by Gasteiger charge is -2.31. The molecular weight excluding hydrogens is 585 g/mol. The number of aromatic hydroxyl groups is 1. The zero-order valence-corrected chi connectivity index (χ0v) is 26.4. The predicted molar refractivity (Wildman–Crippen MR) is 165 cm³/mol. The number of carbonyl (C=O) groups is 3. The third-order valence-electron chi connectivity index (χ3n) is 7.73. The van der Waals surface area contributed by atoms with Crippen LogP contribution >= 0.6 is 0 Å². The summed E-state index contributed by atoms with van der Waals surface area (Å²) in [5.74, 6) is -3.23. The molecule has 1 aromatic heterocycles. The topological polar surface area (TPSA) is 96.9 Å². The minimum absolute atomic E-state index is 0.0882. The number of likely N-dealkylation sites (N-methyl/N-ethyl adjacent to an activating group) is 1. The quantitative estimate of drug-likeness (QED) is 0.266. The van der Waals surface area contributed by atoms with Crippen LogP contribution in [0.2, 0.25) is 0 Å². The van der Waals surface area contributed by atoms with Gasteiger partial charge in [0.2, 0.25) is 11.5 Å². The Morgan fingerprint density at radius 1 is 0.822 bits per heavy atom. The smallest absolute Gasteiger partial charge is 0.473 e. The number of Topliss-reactive ketones (excluding diaryl/α,β-unsaturated/α-hetero) is 1. The molecule has 1 N–H and O–H groups in total. The van der Waals surface area contributed by atoms with Gasteiger partial charge >= 0.3 is 12.1 Å². The summed E-state index contributed by atoms with van der Waals surface area (Å²) in [7, 11) is 3.19. The molecule has 45 heavy (non-hydrogen) atoms. The molecule has 0 saturated carbocycles. The number of hydrogen-bond donors (Lipinski definition) is 1. The molecule has 4 aromatic rings. The van der Waals surface area contributed by atoms with E-state index < -0.39 is 35.2 Å². The van der Waals surface area contributed by atoms with Crippen molar-refractivity contribution in [2.24, 2.45) is 4.99 Å². The molecule has 3 aromatic carbocycles. The van der Waals surface area contributed by atoms with E-state index in [1.807, 2.05) is 20.8 Å². The molecule has 0 bridgehead atoms. The normalized spacial score (nSPS) is 12.9. The first-order valence-electron chi connectivity index (χ1n) is 14.3. The van der Waals surface area contributed by atoms with Crippen LogP contribution in [0.15, 0.2) is 71.7 Å². The van der Waals surface area contributed by atoms with Crippen molar-refractivity contribution in [3.8, 4) is 5.75 Å². The second-order valence-corrected chi connectivity index (χ2v) is 12.8. The van der Waals surface area contributed by atoms with Crippen LogP contribution in [0.25, 0.3) is 11.0 Å². The minimum atomic E-state index is -5.23. The van der Waals surface area contributed by atoms with Crippen molar-refractivity contribution in [1.82, 2.24) is 14.0 Å². The standard InChI is InChI=1S/C34H37F3N4O4/c1-32(2,3)23-17-22(18-24(28(23)43)33(4,5)30(45)39(6)7)27(42)20-41-26-16-12-11-15-25(26)40(19-21-13-9-8-10-14-21)31(41)38-29(44)34(35,36)37/h8-18,43H,19-20H2,1-7H3. The largest absolute Gasteiger partial charge is 0.507 e. The van der Waals surface area contributed by atoms with Crippen LogP contribution in [0.3, 0.4) is 0 Å². The summed E-state index contributed by atoms with van der Waals surface area (Å²) in [6.45, 7) is 8.48. The van der Waals surface area contributed by atoms with Gasteiger partial charge in [-0.1, -0.05) is 63.2 Å². The highest BCUT2D eigenvalue weighted by atomic mass is 19.4. The number of benzene rings is 3. The molecular formula is C34H37F3N4O4. The van der Waals surface area contributed by atoms with Gasteiger partial charge in [0.25, 0.3) is 0 Å². The number of hydrogen-bond acceptors (Lipinski definition) is 4. The van der Waals surface area contributed by atoms with Crippen LogP contribution in [-0.2, 0) is 33.5 Å². The minimum Gasteiger partial charge on any atom is -0.507 e. The highest BCUT2D eigenvalue weighted by molar-refractivity contribution is 5.98. The average molecular weight is 623 g/mol. The van der Waals surface area contributed by atoms with Crippen LogP contribution in [0.5, 0.6) is 5.75 Å². The fourth-order valence-corrected chi connectivity index (χ4v) is 5.39. The summed E-state index contributed by atoms with van der Waals surface area (Å²) in [5, 5.41) is 11.3. The molecule has 0 radical (unpaired) electrons. The van der Waals surface area contributed by atoms with Crippen LogP contribution in [0.4, 0.5) is 13.2 Å². The van der Waals surface area contributed by atoms with E-state index in [1.54, 1.807) is 88.6 Å². The van der Waals surface area contributed by atoms with Gasteiger partial charge in [-0.25, -0.2) is 0 Å². The number of nitrogens with zero attached hydrogens (tertiary/aromatic N) is 4. The highest BCUT2D eigenvalue weighted by Crippen LogP contribution is 2.41. The van der Waals surface area contributed by atoms with E-state index in [-0.39, 0.29) is 34.9 Å². The van der Waals surface area contributed by atoms with Gasteiger partial charge < -0.3 is 19.1 Å². The second-order valence-electron chi connectivity index (χ2n) is 12.8. The molecule has 238 valence electrons. The highest BCUT2D eigenvalue weighted by Gasteiger charge is 2.39. The van der Waals surface area contributed by atoms with E-state index in [0.29, 0.717) is 16.6 Å². The van der Waals surface area contributed by atoms with Gasteiger partial charge in [-0.2, -0.15) is 18.2 Å². The Bertz CT molecular complexity index is 1840. The van der Waals surface area contributed by atoms with Gasteiger partial charge in [-0.15, -0.1) is 0 Å². The number of phenols is 1. The van der Waals surface area contributed by atoms with Crippen molar-refractivity contribution in [1.29, 1.82) is 0 Å². The fraction of sp³-hybridized carbons (Fsp3) is 0.353. The monoisotopic (exact) mass is 622 g/mol. The van der Waals surface area contributed by atoms with E-state index in [0.717, 1.165) is 5.56 Å². The molecule has 0 aliphatic carbocycles. The number of alkyl halides is 3. The van der Waals surface area contributed by atoms with E-state index in [4.69, 9.17) is 0 Å². The summed E-state index contributed by atoms with van der Waals surface area (Å²) in [4.78, 5) is 44.4. The van der Waals surface area contributed by atoms with Crippen molar-refractivity contribution < 1.29 is 32.7 Å². The Kier molecular flexibility index (Phi) is 8.88. The summed E-state index contributed by atoms with van der Waals surface area (Å²) in [5.41, 5.74) is 0.242. The Hall–Kier alpha value is -4.67. The molecule has 0 unspecified atom stereocenters. The fourth-order valence-electron chi connectivity index (χ4n) is 5.39. The lowest BCUT2D eigenvalue weighted by atomic mass is 9.76. The van der Waals surface area contributed by atoms with Crippen LogP contribution in [0.1, 0.15) is 61.7 Å². The molecule has 4 rings (SSSR count). The first-order valence-corrected chi connectivity index (χ1v) is 14.3. The number of fused-ring (bicyclic) bond motifs is 1. The first kappa shape index (κ1) is 33.2. The number of amides is 2.